The minimum Gasteiger partial charge on any atom is -0.390 e. The highest BCUT2D eigenvalue weighted by Crippen LogP contribution is 2.23. The van der Waals surface area contributed by atoms with E-state index in [1.54, 1.807) is 11.3 Å². The zero-order chi connectivity index (χ0) is 10.4. The van der Waals surface area contributed by atoms with Crippen molar-refractivity contribution in [2.75, 3.05) is 13.2 Å². The van der Waals surface area contributed by atoms with E-state index in [4.69, 9.17) is 4.74 Å². The van der Waals surface area contributed by atoms with E-state index >= 15 is 0 Å². The first-order valence-electron chi connectivity index (χ1n) is 4.72. The number of hydrogen-bond acceptors (Lipinski definition) is 3. The topological polar surface area (TPSA) is 29.5 Å². The second kappa shape index (κ2) is 6.56. The molecule has 1 heterocycles. The monoisotopic (exact) mass is 278 g/mol. The zero-order valence-electron chi connectivity index (χ0n) is 8.20. The van der Waals surface area contributed by atoms with Crippen molar-refractivity contribution in [2.45, 2.75) is 25.9 Å². The zero-order valence-corrected chi connectivity index (χ0v) is 10.6. The number of halogens is 1. The van der Waals surface area contributed by atoms with Gasteiger partial charge in [-0.15, -0.1) is 11.3 Å². The van der Waals surface area contributed by atoms with Crippen LogP contribution in [0.2, 0.25) is 0 Å². The molecule has 14 heavy (non-hydrogen) atoms. The van der Waals surface area contributed by atoms with Crippen LogP contribution in [0.5, 0.6) is 0 Å². The largest absolute Gasteiger partial charge is 0.390 e. The van der Waals surface area contributed by atoms with Gasteiger partial charge in [-0.1, -0.05) is 6.92 Å². The lowest BCUT2D eigenvalue weighted by atomic mass is 10.2. The lowest BCUT2D eigenvalue weighted by molar-refractivity contribution is 0.0378. The van der Waals surface area contributed by atoms with Gasteiger partial charge in [-0.05, 0) is 34.5 Å². The van der Waals surface area contributed by atoms with Gasteiger partial charge in [0.1, 0.15) is 0 Å². The highest BCUT2D eigenvalue weighted by Gasteiger charge is 2.07. The van der Waals surface area contributed by atoms with Gasteiger partial charge in [-0.2, -0.15) is 0 Å². The van der Waals surface area contributed by atoms with Crippen molar-refractivity contribution < 1.29 is 9.84 Å². The molecule has 0 radical (unpaired) electrons. The second-order valence-corrected chi connectivity index (χ2v) is 5.69. The van der Waals surface area contributed by atoms with Gasteiger partial charge in [0.15, 0.2) is 0 Å². The number of ether oxygens (including phenoxy) is 1. The minimum atomic E-state index is -0.382. The first-order valence-corrected chi connectivity index (χ1v) is 6.33. The molecule has 4 heteroatoms. The predicted molar refractivity (Wildman–Crippen MR) is 62.8 cm³/mol. The fourth-order valence-electron chi connectivity index (χ4n) is 1.12. The van der Waals surface area contributed by atoms with E-state index in [1.807, 2.05) is 12.1 Å². The molecule has 1 N–H and O–H groups in total. The highest BCUT2D eigenvalue weighted by atomic mass is 79.9. The van der Waals surface area contributed by atoms with Crippen molar-refractivity contribution in [3.63, 3.8) is 0 Å². The summed E-state index contributed by atoms with van der Waals surface area (Å²) in [5, 5.41) is 9.60. The molecule has 0 aliphatic carbocycles. The van der Waals surface area contributed by atoms with Crippen molar-refractivity contribution in [3.05, 3.63) is 20.8 Å². The maximum atomic E-state index is 9.60. The van der Waals surface area contributed by atoms with Crippen LogP contribution < -0.4 is 0 Å². The summed E-state index contributed by atoms with van der Waals surface area (Å²) >= 11 is 5.05. The Labute approximate surface area is 97.0 Å². The van der Waals surface area contributed by atoms with Crippen molar-refractivity contribution in [1.82, 2.24) is 0 Å². The Balaban J connectivity index is 2.23. The molecule has 0 aliphatic heterocycles. The van der Waals surface area contributed by atoms with Gasteiger partial charge >= 0.3 is 0 Å². The lowest BCUT2D eigenvalue weighted by Crippen LogP contribution is -2.17. The van der Waals surface area contributed by atoms with Crippen molar-refractivity contribution in [2.24, 2.45) is 0 Å². The molecule has 1 unspecified atom stereocenters. The molecular formula is C10H15BrO2S. The Morgan fingerprint density at radius 2 is 2.36 bits per heavy atom. The van der Waals surface area contributed by atoms with Crippen LogP contribution in [-0.2, 0) is 11.2 Å². The summed E-state index contributed by atoms with van der Waals surface area (Å²) in [5.41, 5.74) is 0. The second-order valence-electron chi connectivity index (χ2n) is 3.14. The Bertz CT molecular complexity index is 262. The third-order valence-electron chi connectivity index (χ3n) is 1.72. The van der Waals surface area contributed by atoms with E-state index in [0.29, 0.717) is 13.0 Å². The maximum Gasteiger partial charge on any atom is 0.0821 e. The van der Waals surface area contributed by atoms with Gasteiger partial charge in [0.25, 0.3) is 0 Å². The third-order valence-corrected chi connectivity index (χ3v) is 3.37. The highest BCUT2D eigenvalue weighted by molar-refractivity contribution is 9.11. The van der Waals surface area contributed by atoms with Gasteiger partial charge in [0, 0.05) is 17.9 Å². The summed E-state index contributed by atoms with van der Waals surface area (Å²) in [6, 6.07) is 4.03. The first-order chi connectivity index (χ1) is 6.72. The molecule has 1 aromatic heterocycles. The molecule has 0 aromatic carbocycles. The van der Waals surface area contributed by atoms with Crippen LogP contribution in [0.25, 0.3) is 0 Å². The third kappa shape index (κ3) is 4.55. The van der Waals surface area contributed by atoms with Gasteiger partial charge < -0.3 is 9.84 Å². The van der Waals surface area contributed by atoms with E-state index in [-0.39, 0.29) is 6.10 Å². The molecule has 0 saturated carbocycles. The van der Waals surface area contributed by atoms with Gasteiger partial charge in [-0.3, -0.25) is 0 Å². The Morgan fingerprint density at radius 1 is 1.57 bits per heavy atom. The van der Waals surface area contributed by atoms with E-state index in [1.165, 1.54) is 4.88 Å². The number of thiophene rings is 1. The fourth-order valence-corrected chi connectivity index (χ4v) is 2.67. The molecule has 0 saturated heterocycles. The number of hydrogen-bond donors (Lipinski definition) is 1. The Hall–Kier alpha value is 0.1000. The van der Waals surface area contributed by atoms with Crippen LogP contribution in [0.1, 0.15) is 18.2 Å². The van der Waals surface area contributed by atoms with Crippen LogP contribution in [-0.4, -0.2) is 24.4 Å². The van der Waals surface area contributed by atoms with Crippen LogP contribution in [0, 0.1) is 0 Å². The average Bonchev–Trinajstić information content (AvgIpc) is 2.52. The van der Waals surface area contributed by atoms with Crippen LogP contribution in [0.3, 0.4) is 0 Å². The molecule has 0 amide bonds. The van der Waals surface area contributed by atoms with Gasteiger partial charge in [-0.25, -0.2) is 0 Å². The molecule has 2 nitrogen and oxygen atoms in total. The van der Waals surface area contributed by atoms with Crippen LogP contribution in [0.4, 0.5) is 0 Å². The predicted octanol–water partition coefficient (Wildman–Crippen LogP) is 2.84. The van der Waals surface area contributed by atoms with E-state index in [9.17, 15) is 5.11 Å². The molecule has 0 bridgehead atoms. The lowest BCUT2D eigenvalue weighted by Gasteiger charge is -2.09. The molecule has 80 valence electrons. The Morgan fingerprint density at radius 3 is 2.93 bits per heavy atom. The SMILES string of the molecule is CCCOCC(O)Cc1ccc(Br)s1. The standard InChI is InChI=1S/C10H15BrO2S/c1-2-5-13-7-8(12)6-9-3-4-10(11)14-9/h3-4,8,12H,2,5-7H2,1H3. The molecule has 0 spiro atoms. The summed E-state index contributed by atoms with van der Waals surface area (Å²) in [6.07, 6.45) is 1.30. The molecule has 0 fully saturated rings. The number of aliphatic hydroxyl groups excluding tert-OH is 1. The smallest absolute Gasteiger partial charge is 0.0821 e. The molecular weight excluding hydrogens is 264 g/mol. The molecule has 1 aromatic rings. The summed E-state index contributed by atoms with van der Waals surface area (Å²) in [6.45, 7) is 3.22. The van der Waals surface area contributed by atoms with Crippen molar-refractivity contribution >= 4 is 27.3 Å². The number of rotatable bonds is 6. The van der Waals surface area contributed by atoms with Crippen LogP contribution in [0.15, 0.2) is 15.9 Å². The first kappa shape index (κ1) is 12.2. The summed E-state index contributed by atoms with van der Waals surface area (Å²) in [5.74, 6) is 0. The van der Waals surface area contributed by atoms with Crippen molar-refractivity contribution in [3.8, 4) is 0 Å². The van der Waals surface area contributed by atoms with E-state index in [2.05, 4.69) is 22.9 Å². The van der Waals surface area contributed by atoms with Gasteiger partial charge in [0.05, 0.1) is 16.5 Å². The summed E-state index contributed by atoms with van der Waals surface area (Å²) < 4.78 is 6.37. The average molecular weight is 279 g/mol. The number of aliphatic hydroxyl groups is 1. The summed E-state index contributed by atoms with van der Waals surface area (Å²) in [4.78, 5) is 1.18. The van der Waals surface area contributed by atoms with E-state index < -0.39 is 0 Å². The van der Waals surface area contributed by atoms with Crippen LogP contribution >= 0.6 is 27.3 Å². The fraction of sp³-hybridized carbons (Fsp3) is 0.600. The van der Waals surface area contributed by atoms with E-state index in [0.717, 1.165) is 16.8 Å². The summed E-state index contributed by atoms with van der Waals surface area (Å²) in [7, 11) is 0. The molecule has 0 aliphatic rings. The van der Waals surface area contributed by atoms with Gasteiger partial charge in [0.2, 0.25) is 0 Å². The minimum absolute atomic E-state index is 0.382. The maximum absolute atomic E-state index is 9.60. The molecule has 1 rings (SSSR count). The quantitative estimate of drug-likeness (QED) is 0.811. The normalized spacial score (nSPS) is 13.1. The Kier molecular flexibility index (Phi) is 5.70. The molecule has 1 atom stereocenters. The van der Waals surface area contributed by atoms with Crippen molar-refractivity contribution in [1.29, 1.82) is 0 Å².